The zero-order valence-electron chi connectivity index (χ0n) is 6.09. The van der Waals surface area contributed by atoms with Gasteiger partial charge in [-0.2, -0.15) is 0 Å². The Hall–Kier alpha value is 0. The maximum atomic E-state index is 10.6. The van der Waals surface area contributed by atoms with Crippen LogP contribution in [0.5, 0.6) is 0 Å². The van der Waals surface area contributed by atoms with Crippen molar-refractivity contribution in [3.05, 3.63) is 0 Å². The first-order chi connectivity index (χ1) is 4.70. The van der Waals surface area contributed by atoms with Gasteiger partial charge in [-0.3, -0.25) is 0 Å². The highest BCUT2D eigenvalue weighted by Gasteiger charge is 2.06. The molecule has 0 saturated heterocycles. The lowest BCUT2D eigenvalue weighted by Gasteiger charge is -2.08. The van der Waals surface area contributed by atoms with Gasteiger partial charge in [0.2, 0.25) is 0 Å². The number of carbonyl (C=O) groups is 1. The minimum absolute atomic E-state index is 0.0459. The summed E-state index contributed by atoms with van der Waals surface area (Å²) in [6, 6.07) is 0. The van der Waals surface area contributed by atoms with E-state index in [1.165, 1.54) is 0 Å². The van der Waals surface area contributed by atoms with Crippen molar-refractivity contribution in [2.45, 2.75) is 26.4 Å². The van der Waals surface area contributed by atoms with Gasteiger partial charge in [-0.15, -0.1) is 0 Å². The van der Waals surface area contributed by atoms with Crippen molar-refractivity contribution in [1.82, 2.24) is 0 Å². The molecule has 0 heterocycles. The molecule has 0 rings (SSSR count). The lowest BCUT2D eigenvalue weighted by atomic mass is 10.3. The van der Waals surface area contributed by atoms with Crippen molar-refractivity contribution in [3.8, 4) is 0 Å². The van der Waals surface area contributed by atoms with Crippen molar-refractivity contribution >= 4 is 28.7 Å². The summed E-state index contributed by atoms with van der Waals surface area (Å²) in [5.41, 5.74) is 0. The number of halogens is 1. The molecule has 1 atom stereocenters. The Bertz CT molecular complexity index is 105. The molecule has 0 aromatic rings. The largest absolute Gasteiger partial charge is 0.509 e. The summed E-state index contributed by atoms with van der Waals surface area (Å²) in [6.45, 7) is 3.77. The maximum Gasteiger partial charge on any atom is 0.509 e. The van der Waals surface area contributed by atoms with Crippen molar-refractivity contribution in [3.63, 3.8) is 0 Å². The lowest BCUT2D eigenvalue weighted by Crippen LogP contribution is -2.14. The van der Waals surface area contributed by atoms with E-state index in [2.05, 4.69) is 4.74 Å². The second-order valence-corrected chi connectivity index (χ2v) is 2.46. The molecule has 0 aliphatic heterocycles. The number of carbonyl (C=O) groups excluding carboxylic acids is 1. The van der Waals surface area contributed by atoms with Crippen LogP contribution in [0.25, 0.3) is 0 Å². The molecule has 0 radical (unpaired) electrons. The van der Waals surface area contributed by atoms with Gasteiger partial charge in [-0.25, -0.2) is 4.79 Å². The van der Waals surface area contributed by atoms with E-state index in [0.29, 0.717) is 4.61 Å². The number of hydrogen-bond acceptors (Lipinski definition) is 3. The fourth-order valence-electron chi connectivity index (χ4n) is 0.326. The van der Waals surface area contributed by atoms with Gasteiger partial charge in [0.15, 0.2) is 0 Å². The molecule has 0 spiro atoms. The summed E-state index contributed by atoms with van der Waals surface area (Å²) in [6.07, 6.45) is 0.190. The second-order valence-electron chi connectivity index (χ2n) is 1.84. The highest BCUT2D eigenvalue weighted by molar-refractivity contribution is 14.1. The van der Waals surface area contributed by atoms with Crippen LogP contribution in [0.3, 0.4) is 0 Å². The van der Waals surface area contributed by atoms with Crippen LogP contribution >= 0.6 is 22.6 Å². The van der Waals surface area contributed by atoms with E-state index in [0.717, 1.165) is 6.42 Å². The first-order valence-electron chi connectivity index (χ1n) is 3.10. The Kier molecular flexibility index (Phi) is 5.76. The van der Waals surface area contributed by atoms with E-state index in [9.17, 15) is 4.79 Å². The summed E-state index contributed by atoms with van der Waals surface area (Å²) >= 11 is 1.94. The third-order valence-corrected chi connectivity index (χ3v) is 1.36. The predicted molar refractivity (Wildman–Crippen MR) is 46.2 cm³/mol. The van der Waals surface area contributed by atoms with Gasteiger partial charge in [0, 0.05) is 0 Å². The fraction of sp³-hybridized carbons (Fsp3) is 0.833. The SMILES string of the molecule is CCC(C)OC(=O)OCI. The van der Waals surface area contributed by atoms with Crippen LogP contribution in [0.4, 0.5) is 4.79 Å². The summed E-state index contributed by atoms with van der Waals surface area (Å²) in [5, 5.41) is 0. The van der Waals surface area contributed by atoms with Crippen molar-refractivity contribution in [2.75, 3.05) is 4.61 Å². The molecule has 0 bridgehead atoms. The smallest absolute Gasteiger partial charge is 0.431 e. The molecular formula is C6H11IO3. The standard InChI is InChI=1S/C6H11IO3/c1-3-5(2)10-6(8)9-4-7/h5H,3-4H2,1-2H3. The van der Waals surface area contributed by atoms with Crippen LogP contribution in [0.15, 0.2) is 0 Å². The molecule has 4 heteroatoms. The van der Waals surface area contributed by atoms with Crippen LogP contribution in [0.1, 0.15) is 20.3 Å². The average Bonchev–Trinajstić information content (AvgIpc) is 1.88. The Labute approximate surface area is 74.2 Å². The molecule has 0 saturated carbocycles. The molecule has 1 unspecified atom stereocenters. The van der Waals surface area contributed by atoms with Crippen LogP contribution < -0.4 is 0 Å². The molecule has 10 heavy (non-hydrogen) atoms. The summed E-state index contributed by atoms with van der Waals surface area (Å²) in [7, 11) is 0. The number of ether oxygens (including phenoxy) is 2. The minimum atomic E-state index is -0.580. The van der Waals surface area contributed by atoms with Gasteiger partial charge >= 0.3 is 6.16 Å². The minimum Gasteiger partial charge on any atom is -0.431 e. The Balaban J connectivity index is 3.37. The average molecular weight is 258 g/mol. The second kappa shape index (κ2) is 5.76. The molecule has 0 aliphatic rings. The van der Waals surface area contributed by atoms with Gasteiger partial charge < -0.3 is 9.47 Å². The maximum absolute atomic E-state index is 10.6. The Morgan fingerprint density at radius 2 is 2.30 bits per heavy atom. The molecule has 0 fully saturated rings. The van der Waals surface area contributed by atoms with Gasteiger partial charge in [0.05, 0.1) is 0 Å². The zero-order valence-corrected chi connectivity index (χ0v) is 8.25. The van der Waals surface area contributed by atoms with Crippen LogP contribution in [0, 0.1) is 0 Å². The van der Waals surface area contributed by atoms with Crippen LogP contribution in [0.2, 0.25) is 0 Å². The van der Waals surface area contributed by atoms with E-state index in [1.54, 1.807) is 0 Å². The molecule has 0 N–H and O–H groups in total. The fourth-order valence-corrected chi connectivity index (χ4v) is 0.580. The molecular weight excluding hydrogens is 247 g/mol. The quantitative estimate of drug-likeness (QED) is 0.442. The van der Waals surface area contributed by atoms with E-state index in [1.807, 2.05) is 36.4 Å². The summed E-state index contributed by atoms with van der Waals surface area (Å²) < 4.78 is 9.65. The van der Waals surface area contributed by atoms with Gasteiger partial charge in [-0.05, 0) is 35.9 Å². The zero-order chi connectivity index (χ0) is 7.98. The summed E-state index contributed by atoms with van der Waals surface area (Å²) in [5.74, 6) is 0. The predicted octanol–water partition coefficient (Wildman–Crippen LogP) is 2.33. The van der Waals surface area contributed by atoms with E-state index >= 15 is 0 Å². The number of rotatable bonds is 3. The highest BCUT2D eigenvalue weighted by atomic mass is 127. The third kappa shape index (κ3) is 4.84. The highest BCUT2D eigenvalue weighted by Crippen LogP contribution is 1.98. The first-order valence-corrected chi connectivity index (χ1v) is 4.62. The van der Waals surface area contributed by atoms with Crippen molar-refractivity contribution in [2.24, 2.45) is 0 Å². The normalized spacial score (nSPS) is 12.3. The first kappa shape index (κ1) is 10.0. The van der Waals surface area contributed by atoms with Crippen molar-refractivity contribution < 1.29 is 14.3 Å². The van der Waals surface area contributed by atoms with Gasteiger partial charge in [0.25, 0.3) is 0 Å². The van der Waals surface area contributed by atoms with E-state index in [-0.39, 0.29) is 6.10 Å². The molecule has 0 aromatic heterocycles. The van der Waals surface area contributed by atoms with Crippen LogP contribution in [-0.2, 0) is 9.47 Å². The Morgan fingerprint density at radius 3 is 2.70 bits per heavy atom. The topological polar surface area (TPSA) is 35.5 Å². The van der Waals surface area contributed by atoms with Gasteiger partial charge in [-0.1, -0.05) is 6.92 Å². The molecule has 60 valence electrons. The molecule has 0 aromatic carbocycles. The number of hydrogen-bond donors (Lipinski definition) is 0. The van der Waals surface area contributed by atoms with E-state index < -0.39 is 6.16 Å². The lowest BCUT2D eigenvalue weighted by molar-refractivity contribution is 0.0407. The monoisotopic (exact) mass is 258 g/mol. The molecule has 3 nitrogen and oxygen atoms in total. The molecule has 0 aliphatic carbocycles. The third-order valence-electron chi connectivity index (χ3n) is 1.04. The van der Waals surface area contributed by atoms with Gasteiger partial charge in [0.1, 0.15) is 10.7 Å². The Morgan fingerprint density at radius 1 is 1.70 bits per heavy atom. The van der Waals surface area contributed by atoms with E-state index in [4.69, 9.17) is 4.74 Å². The van der Waals surface area contributed by atoms with Crippen molar-refractivity contribution in [1.29, 1.82) is 0 Å². The number of alkyl halides is 1. The summed E-state index contributed by atoms with van der Waals surface area (Å²) in [4.78, 5) is 10.6. The molecule has 0 amide bonds. The van der Waals surface area contributed by atoms with Crippen LogP contribution in [-0.4, -0.2) is 16.9 Å².